The van der Waals surface area contributed by atoms with Crippen molar-refractivity contribution >= 4 is 28.6 Å². The van der Waals surface area contributed by atoms with E-state index >= 15 is 0 Å². The highest BCUT2D eigenvalue weighted by molar-refractivity contribution is 7.99. The van der Waals surface area contributed by atoms with Gasteiger partial charge < -0.3 is 14.5 Å². The molecule has 2 aliphatic rings. The van der Waals surface area contributed by atoms with Gasteiger partial charge in [0.1, 0.15) is 5.58 Å². The van der Waals surface area contributed by atoms with Crippen LogP contribution in [0.3, 0.4) is 0 Å². The number of nitrogens with zero attached hydrogens (tertiary/aromatic N) is 1. The Kier molecular flexibility index (Phi) is 5.01. The average molecular weight is 360 g/mol. The molecular weight excluding hydrogens is 336 g/mol. The fourth-order valence-electron chi connectivity index (χ4n) is 3.82. The summed E-state index contributed by atoms with van der Waals surface area (Å²) in [7, 11) is 0. The number of morpholine rings is 1. The maximum absolute atomic E-state index is 12.6. The van der Waals surface area contributed by atoms with Gasteiger partial charge in [0.05, 0.1) is 13.2 Å². The van der Waals surface area contributed by atoms with E-state index in [1.54, 1.807) is 0 Å². The van der Waals surface area contributed by atoms with Gasteiger partial charge in [0.2, 0.25) is 0 Å². The van der Waals surface area contributed by atoms with Gasteiger partial charge in [-0.3, -0.25) is 9.69 Å². The molecule has 2 aliphatic heterocycles. The molecule has 1 amide bonds. The number of thioether (sulfide) groups is 1. The Labute approximate surface area is 152 Å². The molecule has 0 unspecified atom stereocenters. The lowest BCUT2D eigenvalue weighted by Crippen LogP contribution is -2.60. The molecule has 2 aromatic rings. The second-order valence-corrected chi connectivity index (χ2v) is 7.99. The summed E-state index contributed by atoms with van der Waals surface area (Å²) in [5, 5.41) is 4.11. The molecule has 4 rings (SSSR count). The van der Waals surface area contributed by atoms with Crippen molar-refractivity contribution in [2.45, 2.75) is 18.4 Å². The quantitative estimate of drug-likeness (QED) is 0.909. The maximum atomic E-state index is 12.6. The van der Waals surface area contributed by atoms with Gasteiger partial charge in [0.25, 0.3) is 5.91 Å². The summed E-state index contributed by atoms with van der Waals surface area (Å²) in [5.74, 6) is 2.57. The van der Waals surface area contributed by atoms with Crippen molar-refractivity contribution in [2.75, 3.05) is 44.4 Å². The van der Waals surface area contributed by atoms with Crippen molar-refractivity contribution in [1.82, 2.24) is 10.2 Å². The molecule has 6 heteroatoms. The van der Waals surface area contributed by atoms with Crippen molar-refractivity contribution < 1.29 is 13.9 Å². The molecule has 0 radical (unpaired) electrons. The van der Waals surface area contributed by atoms with E-state index < -0.39 is 0 Å². The van der Waals surface area contributed by atoms with E-state index in [2.05, 4.69) is 10.2 Å². The zero-order valence-electron chi connectivity index (χ0n) is 14.3. The van der Waals surface area contributed by atoms with Crippen LogP contribution in [-0.4, -0.2) is 60.7 Å². The molecule has 2 fully saturated rings. The molecule has 0 atom stereocenters. The molecule has 1 aromatic carbocycles. The largest absolute Gasteiger partial charge is 0.451 e. The first-order valence-corrected chi connectivity index (χ1v) is 10.1. The summed E-state index contributed by atoms with van der Waals surface area (Å²) < 4.78 is 11.2. The van der Waals surface area contributed by atoms with Crippen LogP contribution in [0.5, 0.6) is 0 Å². The van der Waals surface area contributed by atoms with E-state index in [0.717, 1.165) is 61.6 Å². The van der Waals surface area contributed by atoms with E-state index in [1.807, 2.05) is 42.1 Å². The molecule has 5 nitrogen and oxygen atoms in total. The average Bonchev–Trinajstić information content (AvgIpc) is 3.12. The molecule has 134 valence electrons. The van der Waals surface area contributed by atoms with E-state index in [-0.39, 0.29) is 11.4 Å². The second kappa shape index (κ2) is 7.40. The molecule has 1 N–H and O–H groups in total. The Balaban J connectivity index is 1.47. The zero-order valence-corrected chi connectivity index (χ0v) is 15.1. The molecule has 2 saturated heterocycles. The Hall–Kier alpha value is -1.50. The van der Waals surface area contributed by atoms with Gasteiger partial charge in [-0.05, 0) is 36.5 Å². The van der Waals surface area contributed by atoms with E-state index in [1.165, 1.54) is 0 Å². The lowest BCUT2D eigenvalue weighted by Gasteiger charge is -2.47. The summed E-state index contributed by atoms with van der Waals surface area (Å²) in [6.07, 6.45) is 2.22. The fraction of sp³-hybridized carbons (Fsp3) is 0.526. The van der Waals surface area contributed by atoms with Crippen LogP contribution in [0.25, 0.3) is 11.0 Å². The van der Waals surface area contributed by atoms with Gasteiger partial charge in [-0.1, -0.05) is 18.2 Å². The first-order valence-electron chi connectivity index (χ1n) is 8.94. The molecule has 3 heterocycles. The van der Waals surface area contributed by atoms with Crippen LogP contribution in [0.4, 0.5) is 0 Å². The number of carbonyl (C=O) groups excluding carboxylic acids is 1. The van der Waals surface area contributed by atoms with Crippen molar-refractivity contribution in [3.8, 4) is 0 Å². The number of rotatable bonds is 4. The van der Waals surface area contributed by atoms with Crippen molar-refractivity contribution in [1.29, 1.82) is 0 Å². The van der Waals surface area contributed by atoms with E-state index in [9.17, 15) is 4.79 Å². The Bertz CT molecular complexity index is 700. The number of furan rings is 1. The lowest BCUT2D eigenvalue weighted by molar-refractivity contribution is -0.0255. The molecular formula is C19H24N2O3S. The summed E-state index contributed by atoms with van der Waals surface area (Å²) >= 11 is 2.01. The molecule has 1 aromatic heterocycles. The SMILES string of the molecule is O=C(NCC1(N2CCOCC2)CCSCC1)c1cc2ccccc2o1. The minimum Gasteiger partial charge on any atom is -0.451 e. The van der Waals surface area contributed by atoms with Crippen LogP contribution < -0.4 is 5.32 Å². The van der Waals surface area contributed by atoms with Crippen LogP contribution in [-0.2, 0) is 4.74 Å². The standard InChI is InChI=1S/C19H24N2O3S/c22-18(17-13-15-3-1-2-4-16(15)24-17)20-14-19(5-11-25-12-6-19)21-7-9-23-10-8-21/h1-4,13H,5-12,14H2,(H,20,22). The third-order valence-electron chi connectivity index (χ3n) is 5.33. The molecule has 0 aliphatic carbocycles. The minimum absolute atomic E-state index is 0.0523. The number of fused-ring (bicyclic) bond motifs is 1. The highest BCUT2D eigenvalue weighted by atomic mass is 32.2. The molecule has 25 heavy (non-hydrogen) atoms. The van der Waals surface area contributed by atoms with Crippen molar-refractivity contribution in [2.24, 2.45) is 0 Å². The van der Waals surface area contributed by atoms with Gasteiger partial charge in [-0.15, -0.1) is 0 Å². The van der Waals surface area contributed by atoms with Crippen LogP contribution >= 0.6 is 11.8 Å². The maximum Gasteiger partial charge on any atom is 0.287 e. The number of nitrogens with one attached hydrogen (secondary N) is 1. The van der Waals surface area contributed by atoms with Gasteiger partial charge >= 0.3 is 0 Å². The highest BCUT2D eigenvalue weighted by Crippen LogP contribution is 2.33. The van der Waals surface area contributed by atoms with E-state index in [4.69, 9.17) is 9.15 Å². The summed E-state index contributed by atoms with van der Waals surface area (Å²) in [5.41, 5.74) is 0.807. The predicted molar refractivity (Wildman–Crippen MR) is 100 cm³/mol. The number of hydrogen-bond acceptors (Lipinski definition) is 5. The first-order chi connectivity index (χ1) is 12.3. The number of amides is 1. The van der Waals surface area contributed by atoms with Gasteiger partial charge in [-0.25, -0.2) is 0 Å². The third kappa shape index (κ3) is 3.57. The zero-order chi connectivity index (χ0) is 17.1. The number of hydrogen-bond donors (Lipinski definition) is 1. The Morgan fingerprint density at radius 2 is 1.96 bits per heavy atom. The highest BCUT2D eigenvalue weighted by Gasteiger charge is 2.39. The van der Waals surface area contributed by atoms with Crippen LogP contribution in [0.2, 0.25) is 0 Å². The monoisotopic (exact) mass is 360 g/mol. The van der Waals surface area contributed by atoms with Crippen LogP contribution in [0.15, 0.2) is 34.7 Å². The fourth-order valence-corrected chi connectivity index (χ4v) is 5.07. The lowest BCUT2D eigenvalue weighted by atomic mass is 9.89. The first kappa shape index (κ1) is 16.9. The Morgan fingerprint density at radius 1 is 1.20 bits per heavy atom. The van der Waals surface area contributed by atoms with Gasteiger partial charge in [0, 0.05) is 30.6 Å². The molecule has 0 spiro atoms. The minimum atomic E-state index is -0.123. The number of benzene rings is 1. The normalized spacial score (nSPS) is 21.3. The predicted octanol–water partition coefficient (Wildman–Crippen LogP) is 2.76. The Morgan fingerprint density at radius 3 is 2.72 bits per heavy atom. The van der Waals surface area contributed by atoms with Crippen LogP contribution in [0.1, 0.15) is 23.4 Å². The summed E-state index contributed by atoms with van der Waals surface area (Å²) in [6.45, 7) is 4.14. The summed E-state index contributed by atoms with van der Waals surface area (Å²) in [4.78, 5) is 15.2. The van der Waals surface area contributed by atoms with Gasteiger partial charge in [0.15, 0.2) is 5.76 Å². The summed E-state index contributed by atoms with van der Waals surface area (Å²) in [6, 6.07) is 9.54. The van der Waals surface area contributed by atoms with E-state index in [0.29, 0.717) is 12.3 Å². The molecule has 0 saturated carbocycles. The van der Waals surface area contributed by atoms with Gasteiger partial charge in [-0.2, -0.15) is 11.8 Å². The number of para-hydroxylation sites is 1. The topological polar surface area (TPSA) is 54.7 Å². The van der Waals surface area contributed by atoms with Crippen molar-refractivity contribution in [3.05, 3.63) is 36.1 Å². The van der Waals surface area contributed by atoms with Crippen molar-refractivity contribution in [3.63, 3.8) is 0 Å². The van der Waals surface area contributed by atoms with Crippen LogP contribution in [0, 0.1) is 0 Å². The smallest absolute Gasteiger partial charge is 0.287 e. The molecule has 0 bridgehead atoms. The second-order valence-electron chi connectivity index (χ2n) is 6.77. The third-order valence-corrected chi connectivity index (χ3v) is 6.32. The number of carbonyl (C=O) groups is 1. The number of ether oxygens (including phenoxy) is 1.